The summed E-state index contributed by atoms with van der Waals surface area (Å²) in [5, 5.41) is 6.76. The lowest BCUT2D eigenvalue weighted by Gasteiger charge is -2.38. The number of carbonyl (C=O) groups is 3. The van der Waals surface area contributed by atoms with Crippen molar-refractivity contribution in [3.63, 3.8) is 0 Å². The third kappa shape index (κ3) is 4.43. The van der Waals surface area contributed by atoms with Crippen molar-refractivity contribution in [3.8, 4) is 0 Å². The van der Waals surface area contributed by atoms with Crippen LogP contribution in [0.3, 0.4) is 0 Å². The number of ether oxygens (including phenoxy) is 1. The average molecular weight is 549 g/mol. The number of fused-ring (bicyclic) bond motifs is 1. The fourth-order valence-electron chi connectivity index (χ4n) is 6.93. The number of nitrogens with one attached hydrogen (secondary N) is 2. The number of anilines is 1. The molecule has 6 rings (SSSR count). The van der Waals surface area contributed by atoms with Crippen LogP contribution in [-0.2, 0) is 25.7 Å². The molecule has 1 aliphatic carbocycles. The first-order valence-corrected chi connectivity index (χ1v) is 14.1. The minimum absolute atomic E-state index is 0.0265. The Morgan fingerprint density at radius 1 is 1.15 bits per heavy atom. The number of rotatable bonds is 6. The van der Waals surface area contributed by atoms with Gasteiger partial charge in [0.1, 0.15) is 11.6 Å². The van der Waals surface area contributed by atoms with Crippen molar-refractivity contribution in [2.24, 2.45) is 23.7 Å². The van der Waals surface area contributed by atoms with E-state index in [-0.39, 0.29) is 30.3 Å². The van der Waals surface area contributed by atoms with Gasteiger partial charge < -0.3 is 20.3 Å². The summed E-state index contributed by atoms with van der Waals surface area (Å²) in [5.41, 5.74) is 0.178. The standard InChI is InChI=1S/C30H33ClN4O4/c1-17-5-3-7-22(18(17)2)34-28(37)26-30-13-12-23(39-30)24(27(36)33-21-10-8-20(31)9-11-21)25(30)29(38)35(26)16-19-6-4-14-32-15-19/h4,6,8-15,17-18,22-26H,3,5,7,16H2,1-2H3,(H,33,36)(H,34,37)/t17?,18?,22?,23-,24?,25-,26?,30?/m1/s1. The van der Waals surface area contributed by atoms with Crippen molar-refractivity contribution >= 4 is 35.0 Å². The first-order valence-electron chi connectivity index (χ1n) is 13.7. The van der Waals surface area contributed by atoms with Crippen LogP contribution in [0.2, 0.25) is 5.02 Å². The van der Waals surface area contributed by atoms with Crippen molar-refractivity contribution < 1.29 is 19.1 Å². The second-order valence-corrected chi connectivity index (χ2v) is 11.8. The van der Waals surface area contributed by atoms with Crippen LogP contribution < -0.4 is 10.6 Å². The largest absolute Gasteiger partial charge is 0.359 e. The van der Waals surface area contributed by atoms with Gasteiger partial charge in [-0.25, -0.2) is 0 Å². The fourth-order valence-corrected chi connectivity index (χ4v) is 7.06. The van der Waals surface area contributed by atoms with E-state index in [0.717, 1.165) is 24.8 Å². The maximum absolute atomic E-state index is 14.1. The number of nitrogens with zero attached hydrogens (tertiary/aromatic N) is 2. The molecule has 1 saturated carbocycles. The summed E-state index contributed by atoms with van der Waals surface area (Å²) in [6, 6.07) is 9.64. The van der Waals surface area contributed by atoms with Crippen molar-refractivity contribution in [2.45, 2.75) is 63.4 Å². The lowest BCUT2D eigenvalue weighted by atomic mass is 9.73. The van der Waals surface area contributed by atoms with Crippen LogP contribution in [0.25, 0.3) is 0 Å². The molecule has 1 aromatic carbocycles. The first-order chi connectivity index (χ1) is 18.8. The highest BCUT2D eigenvalue weighted by Gasteiger charge is 2.72. The highest BCUT2D eigenvalue weighted by atomic mass is 35.5. The molecule has 39 heavy (non-hydrogen) atoms. The van der Waals surface area contributed by atoms with Crippen LogP contribution in [0.15, 0.2) is 60.9 Å². The number of likely N-dealkylation sites (tertiary alicyclic amines) is 1. The van der Waals surface area contributed by atoms with E-state index in [0.29, 0.717) is 22.5 Å². The van der Waals surface area contributed by atoms with Gasteiger partial charge in [0, 0.05) is 35.7 Å². The van der Waals surface area contributed by atoms with Crippen LogP contribution in [-0.4, -0.2) is 51.4 Å². The predicted molar refractivity (Wildman–Crippen MR) is 146 cm³/mol. The van der Waals surface area contributed by atoms with Crippen LogP contribution in [0, 0.1) is 23.7 Å². The zero-order valence-electron chi connectivity index (χ0n) is 22.0. The van der Waals surface area contributed by atoms with Crippen LogP contribution in [0.4, 0.5) is 5.69 Å². The molecule has 3 amide bonds. The third-order valence-electron chi connectivity index (χ3n) is 9.15. The van der Waals surface area contributed by atoms with Gasteiger partial charge in [-0.05, 0) is 54.2 Å². The number of carbonyl (C=O) groups excluding carboxylic acids is 3. The van der Waals surface area contributed by atoms with Crippen LogP contribution in [0.5, 0.6) is 0 Å². The SMILES string of the molecule is CC1CCCC(NC(=O)C2N(Cc3cccnc3)C(=O)[C@H]3C(C(=O)Nc4ccc(Cl)cc4)[C@H]4C=CC23O4)C1C. The third-order valence-corrected chi connectivity index (χ3v) is 9.40. The number of benzene rings is 1. The lowest BCUT2D eigenvalue weighted by molar-refractivity contribution is -0.142. The van der Waals surface area contributed by atoms with Crippen LogP contribution in [0.1, 0.15) is 38.7 Å². The molecule has 1 spiro atoms. The molecular weight excluding hydrogens is 516 g/mol. The summed E-state index contributed by atoms with van der Waals surface area (Å²) in [6.45, 7) is 4.60. The van der Waals surface area contributed by atoms with Crippen molar-refractivity contribution in [2.75, 3.05) is 5.32 Å². The van der Waals surface area contributed by atoms with Crippen molar-refractivity contribution in [1.29, 1.82) is 0 Å². The molecule has 3 fully saturated rings. The summed E-state index contributed by atoms with van der Waals surface area (Å²) in [4.78, 5) is 47.6. The second kappa shape index (κ2) is 10.1. The van der Waals surface area contributed by atoms with E-state index in [1.165, 1.54) is 0 Å². The van der Waals surface area contributed by atoms with Gasteiger partial charge in [-0.2, -0.15) is 0 Å². The molecule has 2 saturated heterocycles. The van der Waals surface area contributed by atoms with Gasteiger partial charge in [0.25, 0.3) is 0 Å². The Bertz CT molecular complexity index is 1300. The van der Waals surface area contributed by atoms with Crippen molar-refractivity contribution in [1.82, 2.24) is 15.2 Å². The maximum atomic E-state index is 14.1. The molecule has 4 aliphatic rings. The summed E-state index contributed by atoms with van der Waals surface area (Å²) in [5.74, 6) is -1.54. The van der Waals surface area contributed by atoms with E-state index in [4.69, 9.17) is 16.3 Å². The van der Waals surface area contributed by atoms with Crippen molar-refractivity contribution in [3.05, 3.63) is 71.5 Å². The van der Waals surface area contributed by atoms with E-state index in [2.05, 4.69) is 29.5 Å². The highest BCUT2D eigenvalue weighted by molar-refractivity contribution is 6.30. The molecule has 204 valence electrons. The molecule has 8 atom stereocenters. The number of aromatic nitrogens is 1. The predicted octanol–water partition coefficient (Wildman–Crippen LogP) is 3.97. The second-order valence-electron chi connectivity index (χ2n) is 11.4. The quantitative estimate of drug-likeness (QED) is 0.532. The van der Waals surface area contributed by atoms with E-state index in [1.807, 2.05) is 18.2 Å². The Morgan fingerprint density at radius 2 is 1.95 bits per heavy atom. The summed E-state index contributed by atoms with van der Waals surface area (Å²) >= 11 is 6.00. The Kier molecular flexibility index (Phi) is 6.71. The minimum atomic E-state index is -1.21. The lowest BCUT2D eigenvalue weighted by Crippen LogP contribution is -2.57. The molecule has 6 unspecified atom stereocenters. The molecule has 2 aromatic rings. The summed E-state index contributed by atoms with van der Waals surface area (Å²) in [7, 11) is 0. The Balaban J connectivity index is 1.32. The number of hydrogen-bond donors (Lipinski definition) is 2. The van der Waals surface area contributed by atoms with E-state index < -0.39 is 29.6 Å². The van der Waals surface area contributed by atoms with E-state index in [1.54, 1.807) is 47.6 Å². The molecule has 3 aliphatic heterocycles. The molecule has 8 nitrogen and oxygen atoms in total. The summed E-state index contributed by atoms with van der Waals surface area (Å²) < 4.78 is 6.45. The number of hydrogen-bond acceptors (Lipinski definition) is 5. The fraction of sp³-hybridized carbons (Fsp3) is 0.467. The molecule has 2 N–H and O–H groups in total. The Hall–Kier alpha value is -3.23. The highest BCUT2D eigenvalue weighted by Crippen LogP contribution is 2.55. The molecule has 9 heteroatoms. The zero-order chi connectivity index (χ0) is 27.3. The minimum Gasteiger partial charge on any atom is -0.359 e. The van der Waals surface area contributed by atoms with Gasteiger partial charge >= 0.3 is 0 Å². The van der Waals surface area contributed by atoms with Gasteiger partial charge in [0.05, 0.1) is 17.9 Å². The number of amides is 3. The first kappa shape index (κ1) is 26.0. The zero-order valence-corrected chi connectivity index (χ0v) is 22.8. The molecule has 4 heterocycles. The summed E-state index contributed by atoms with van der Waals surface area (Å²) in [6.07, 6.45) is 9.55. The van der Waals surface area contributed by atoms with Gasteiger partial charge in [0.2, 0.25) is 17.7 Å². The number of halogens is 1. The topological polar surface area (TPSA) is 101 Å². The monoisotopic (exact) mass is 548 g/mol. The van der Waals surface area contributed by atoms with E-state index in [9.17, 15) is 14.4 Å². The smallest absolute Gasteiger partial charge is 0.246 e. The molecule has 2 bridgehead atoms. The molecular formula is C30H33ClN4O4. The van der Waals surface area contributed by atoms with E-state index >= 15 is 0 Å². The van der Waals surface area contributed by atoms with Crippen LogP contribution >= 0.6 is 11.6 Å². The van der Waals surface area contributed by atoms with Gasteiger partial charge in [-0.15, -0.1) is 0 Å². The number of pyridine rings is 1. The van der Waals surface area contributed by atoms with Gasteiger partial charge in [-0.3, -0.25) is 19.4 Å². The Labute approximate surface area is 233 Å². The van der Waals surface area contributed by atoms with Gasteiger partial charge in [0.15, 0.2) is 0 Å². The van der Waals surface area contributed by atoms with Gasteiger partial charge in [-0.1, -0.05) is 56.5 Å². The molecule has 0 radical (unpaired) electrons. The maximum Gasteiger partial charge on any atom is 0.246 e. The normalized spacial score (nSPS) is 34.7. The molecule has 1 aromatic heterocycles. The Morgan fingerprint density at radius 3 is 2.69 bits per heavy atom. The average Bonchev–Trinajstić information content (AvgIpc) is 3.56.